The Labute approximate surface area is 193 Å². The Morgan fingerprint density at radius 3 is 2.61 bits per heavy atom. The van der Waals surface area contributed by atoms with Crippen molar-refractivity contribution in [2.24, 2.45) is 0 Å². The van der Waals surface area contributed by atoms with E-state index in [1.165, 1.54) is 18.2 Å². The summed E-state index contributed by atoms with van der Waals surface area (Å²) >= 11 is 0. The Hall–Kier alpha value is -4.11. The van der Waals surface area contributed by atoms with E-state index in [1.807, 2.05) is 45.0 Å². The Bertz CT molecular complexity index is 1230. The van der Waals surface area contributed by atoms with Crippen LogP contribution in [0.25, 0.3) is 6.08 Å². The largest absolute Gasteiger partial charge is 0.490 e. The van der Waals surface area contributed by atoms with Gasteiger partial charge in [0.15, 0.2) is 11.5 Å². The molecule has 0 bridgehead atoms. The van der Waals surface area contributed by atoms with Crippen molar-refractivity contribution in [2.75, 3.05) is 11.9 Å². The number of nitrogens with zero attached hydrogens (tertiary/aromatic N) is 1. The second kappa shape index (κ2) is 11.0. The second-order valence-electron chi connectivity index (χ2n) is 7.50. The van der Waals surface area contributed by atoms with Crippen molar-refractivity contribution >= 4 is 17.7 Å². The monoisotopic (exact) mass is 444 g/mol. The lowest BCUT2D eigenvalue weighted by molar-refractivity contribution is -0.112. The van der Waals surface area contributed by atoms with Crippen LogP contribution in [0.15, 0.2) is 66.2 Å². The number of hydrogen-bond donors (Lipinski definition) is 1. The van der Waals surface area contributed by atoms with Crippen LogP contribution in [0.4, 0.5) is 10.1 Å². The van der Waals surface area contributed by atoms with Gasteiger partial charge in [0, 0.05) is 5.69 Å². The molecule has 5 nitrogen and oxygen atoms in total. The van der Waals surface area contributed by atoms with Crippen molar-refractivity contribution in [3.63, 3.8) is 0 Å². The SMILES string of the molecule is CCOc1cc(/C=C(\C#N)C(=O)Nc2cc(C)ccc2C)ccc1OCc1cccc(F)c1. The van der Waals surface area contributed by atoms with Gasteiger partial charge in [-0.15, -0.1) is 0 Å². The number of nitriles is 1. The van der Waals surface area contributed by atoms with Gasteiger partial charge in [0.1, 0.15) is 24.1 Å². The minimum Gasteiger partial charge on any atom is -0.490 e. The Morgan fingerprint density at radius 1 is 1.06 bits per heavy atom. The van der Waals surface area contributed by atoms with Crippen LogP contribution in [0.1, 0.15) is 29.2 Å². The summed E-state index contributed by atoms with van der Waals surface area (Å²) in [4.78, 5) is 12.7. The molecule has 0 unspecified atom stereocenters. The van der Waals surface area contributed by atoms with Crippen LogP contribution in [0.3, 0.4) is 0 Å². The minimum atomic E-state index is -0.490. The van der Waals surface area contributed by atoms with Gasteiger partial charge in [0.2, 0.25) is 0 Å². The third-order valence-electron chi connectivity index (χ3n) is 4.87. The van der Waals surface area contributed by atoms with E-state index in [4.69, 9.17) is 9.47 Å². The van der Waals surface area contributed by atoms with Gasteiger partial charge < -0.3 is 14.8 Å². The third-order valence-corrected chi connectivity index (χ3v) is 4.87. The zero-order valence-corrected chi connectivity index (χ0v) is 18.8. The van der Waals surface area contributed by atoms with Crippen LogP contribution in [-0.2, 0) is 11.4 Å². The van der Waals surface area contributed by atoms with Gasteiger partial charge in [-0.05, 0) is 79.4 Å². The van der Waals surface area contributed by atoms with Gasteiger partial charge in [-0.25, -0.2) is 4.39 Å². The predicted octanol–water partition coefficient (Wildman–Crippen LogP) is 5.97. The number of amides is 1. The minimum absolute atomic E-state index is 0.0354. The van der Waals surface area contributed by atoms with Crippen LogP contribution in [0.2, 0.25) is 0 Å². The van der Waals surface area contributed by atoms with Gasteiger partial charge in [0.25, 0.3) is 5.91 Å². The molecular weight excluding hydrogens is 419 g/mol. The topological polar surface area (TPSA) is 71.3 Å². The highest BCUT2D eigenvalue weighted by Gasteiger charge is 2.13. The average molecular weight is 445 g/mol. The summed E-state index contributed by atoms with van der Waals surface area (Å²) in [6, 6.07) is 19.0. The maximum atomic E-state index is 13.4. The summed E-state index contributed by atoms with van der Waals surface area (Å²) in [5.74, 6) is 0.131. The fraction of sp³-hybridized carbons (Fsp3) is 0.185. The molecule has 6 heteroatoms. The molecule has 0 saturated carbocycles. The molecule has 3 rings (SSSR count). The first-order chi connectivity index (χ1) is 15.9. The average Bonchev–Trinajstić information content (AvgIpc) is 2.79. The molecule has 0 fully saturated rings. The van der Waals surface area contributed by atoms with E-state index >= 15 is 0 Å². The highest BCUT2D eigenvalue weighted by Crippen LogP contribution is 2.30. The van der Waals surface area contributed by atoms with Crippen molar-refractivity contribution in [3.8, 4) is 17.6 Å². The number of aryl methyl sites for hydroxylation is 2. The molecule has 0 radical (unpaired) electrons. The highest BCUT2D eigenvalue weighted by atomic mass is 19.1. The van der Waals surface area contributed by atoms with Crippen LogP contribution in [0.5, 0.6) is 11.5 Å². The number of benzene rings is 3. The second-order valence-corrected chi connectivity index (χ2v) is 7.50. The van der Waals surface area contributed by atoms with Crippen molar-refractivity contribution in [2.45, 2.75) is 27.4 Å². The highest BCUT2D eigenvalue weighted by molar-refractivity contribution is 6.10. The Balaban J connectivity index is 1.80. The van der Waals surface area contributed by atoms with E-state index in [0.29, 0.717) is 34.9 Å². The number of hydrogen-bond acceptors (Lipinski definition) is 4. The predicted molar refractivity (Wildman–Crippen MR) is 126 cm³/mol. The van der Waals surface area contributed by atoms with E-state index < -0.39 is 5.91 Å². The standard InChI is InChI=1S/C27H25FN2O3/c1-4-32-26-15-20(10-11-25(26)33-17-21-6-5-7-23(28)14-21)13-22(16-29)27(31)30-24-12-18(2)8-9-19(24)3/h5-15H,4,17H2,1-3H3,(H,30,31)/b22-13+. The summed E-state index contributed by atoms with van der Waals surface area (Å²) in [6.07, 6.45) is 1.50. The lowest BCUT2D eigenvalue weighted by Gasteiger charge is -2.13. The van der Waals surface area contributed by atoms with E-state index in [1.54, 1.807) is 30.3 Å². The van der Waals surface area contributed by atoms with Crippen LogP contribution >= 0.6 is 0 Å². The molecule has 0 heterocycles. The molecule has 1 N–H and O–H groups in total. The molecule has 1 amide bonds. The number of carbonyl (C=O) groups excluding carboxylic acids is 1. The zero-order valence-electron chi connectivity index (χ0n) is 18.8. The number of nitrogens with one attached hydrogen (secondary N) is 1. The summed E-state index contributed by atoms with van der Waals surface area (Å²) in [7, 11) is 0. The maximum Gasteiger partial charge on any atom is 0.266 e. The molecule has 168 valence electrons. The van der Waals surface area contributed by atoms with Crippen molar-refractivity contribution < 1.29 is 18.7 Å². The summed E-state index contributed by atoms with van der Waals surface area (Å²) in [6.45, 7) is 6.25. The van der Waals surface area contributed by atoms with E-state index in [-0.39, 0.29) is 18.0 Å². The number of ether oxygens (including phenoxy) is 2. The van der Waals surface area contributed by atoms with Crippen LogP contribution < -0.4 is 14.8 Å². The number of carbonyl (C=O) groups is 1. The molecule has 3 aromatic carbocycles. The summed E-state index contributed by atoms with van der Waals surface area (Å²) in [5, 5.41) is 12.4. The molecule has 0 aromatic heterocycles. The van der Waals surface area contributed by atoms with Gasteiger partial charge >= 0.3 is 0 Å². The molecule has 0 aliphatic rings. The normalized spacial score (nSPS) is 10.9. The zero-order chi connectivity index (χ0) is 23.8. The van der Waals surface area contributed by atoms with Crippen LogP contribution in [-0.4, -0.2) is 12.5 Å². The van der Waals surface area contributed by atoms with E-state index in [2.05, 4.69) is 5.32 Å². The Morgan fingerprint density at radius 2 is 1.88 bits per heavy atom. The lowest BCUT2D eigenvalue weighted by atomic mass is 10.1. The molecule has 0 saturated heterocycles. The first-order valence-corrected chi connectivity index (χ1v) is 10.5. The van der Waals surface area contributed by atoms with Crippen LogP contribution in [0, 0.1) is 31.0 Å². The van der Waals surface area contributed by atoms with Gasteiger partial charge in [-0.1, -0.05) is 30.3 Å². The molecule has 3 aromatic rings. The maximum absolute atomic E-state index is 13.4. The first-order valence-electron chi connectivity index (χ1n) is 10.5. The number of rotatable bonds is 8. The van der Waals surface area contributed by atoms with Crippen molar-refractivity contribution in [3.05, 3.63) is 94.3 Å². The quantitative estimate of drug-likeness (QED) is 0.343. The smallest absolute Gasteiger partial charge is 0.266 e. The fourth-order valence-electron chi connectivity index (χ4n) is 3.17. The Kier molecular flexibility index (Phi) is 7.82. The van der Waals surface area contributed by atoms with Gasteiger partial charge in [0.05, 0.1) is 6.61 Å². The van der Waals surface area contributed by atoms with Gasteiger partial charge in [-0.3, -0.25) is 4.79 Å². The number of halogens is 1. The van der Waals surface area contributed by atoms with Crippen molar-refractivity contribution in [1.82, 2.24) is 0 Å². The molecule has 33 heavy (non-hydrogen) atoms. The first kappa shape index (κ1) is 23.6. The van der Waals surface area contributed by atoms with Gasteiger partial charge in [-0.2, -0.15) is 5.26 Å². The molecule has 0 spiro atoms. The molecule has 0 aliphatic heterocycles. The molecule has 0 atom stereocenters. The molecule has 0 aliphatic carbocycles. The van der Waals surface area contributed by atoms with E-state index in [0.717, 1.165) is 11.1 Å². The number of anilines is 1. The molecular formula is C27H25FN2O3. The summed E-state index contributed by atoms with van der Waals surface area (Å²) in [5.41, 5.74) is 3.85. The van der Waals surface area contributed by atoms with E-state index in [9.17, 15) is 14.4 Å². The van der Waals surface area contributed by atoms with Crippen molar-refractivity contribution in [1.29, 1.82) is 5.26 Å². The lowest BCUT2D eigenvalue weighted by Crippen LogP contribution is -2.14. The summed E-state index contributed by atoms with van der Waals surface area (Å²) < 4.78 is 24.9. The third kappa shape index (κ3) is 6.44. The fourth-order valence-corrected chi connectivity index (χ4v) is 3.17.